The Morgan fingerprint density at radius 3 is 2.68 bits per heavy atom. The summed E-state index contributed by atoms with van der Waals surface area (Å²) in [7, 11) is 0. The van der Waals surface area contributed by atoms with Crippen molar-refractivity contribution in [3.63, 3.8) is 0 Å². The predicted octanol–water partition coefficient (Wildman–Crippen LogP) is 1.70. The van der Waals surface area contributed by atoms with Crippen LogP contribution in [0.15, 0.2) is 25.3 Å². The smallest absolute Gasteiger partial charge is 0.311 e. The largest absolute Gasteiger partial charge is 0.465 e. The molecule has 2 amide bonds. The number of carbonyl (C=O) groups is 3. The monoisotopic (exact) mass is 549 g/mol. The first-order valence-electron chi connectivity index (χ1n) is 13.8. The van der Waals surface area contributed by atoms with Crippen LogP contribution in [0, 0.1) is 11.8 Å². The molecule has 1 N–H and O–H groups in total. The molecule has 0 saturated carbocycles. The molecule has 0 aromatic heterocycles. The van der Waals surface area contributed by atoms with E-state index < -0.39 is 33.4 Å². The molecule has 4 rings (SSSR count). The van der Waals surface area contributed by atoms with Crippen LogP contribution in [0.3, 0.4) is 0 Å². The number of fused-ring (bicyclic) bond motifs is 1. The minimum atomic E-state index is -0.753. The molecule has 4 aliphatic rings. The van der Waals surface area contributed by atoms with Gasteiger partial charge in [0.25, 0.3) is 0 Å². The van der Waals surface area contributed by atoms with Crippen LogP contribution >= 0.6 is 11.8 Å². The van der Waals surface area contributed by atoms with E-state index in [2.05, 4.69) is 18.1 Å². The first-order valence-corrected chi connectivity index (χ1v) is 14.7. The third-order valence-corrected chi connectivity index (χ3v) is 10.7. The second-order valence-corrected chi connectivity index (χ2v) is 13.0. The second-order valence-electron chi connectivity index (χ2n) is 11.1. The van der Waals surface area contributed by atoms with Crippen LogP contribution in [0.25, 0.3) is 0 Å². The average molecular weight is 550 g/mol. The van der Waals surface area contributed by atoms with Crippen molar-refractivity contribution in [3.05, 3.63) is 25.3 Å². The fourth-order valence-electron chi connectivity index (χ4n) is 6.76. The minimum Gasteiger partial charge on any atom is -0.465 e. The van der Waals surface area contributed by atoms with Crippen LogP contribution in [-0.4, -0.2) is 118 Å². The van der Waals surface area contributed by atoms with Crippen molar-refractivity contribution in [3.8, 4) is 0 Å². The third-order valence-electron chi connectivity index (χ3n) is 8.69. The van der Waals surface area contributed by atoms with Gasteiger partial charge in [-0.25, -0.2) is 0 Å². The van der Waals surface area contributed by atoms with Gasteiger partial charge in [-0.3, -0.25) is 19.3 Å². The molecule has 6 atom stereocenters. The summed E-state index contributed by atoms with van der Waals surface area (Å²) < 4.78 is 9.92. The number of ether oxygens (including phenoxy) is 2. The van der Waals surface area contributed by atoms with E-state index in [1.807, 2.05) is 6.92 Å². The topological polar surface area (TPSA) is 99.6 Å². The Bertz CT molecular complexity index is 926. The summed E-state index contributed by atoms with van der Waals surface area (Å²) in [6, 6.07) is -1.30. The Kier molecular flexibility index (Phi) is 9.27. The lowest BCUT2D eigenvalue weighted by molar-refractivity contribution is -0.156. The van der Waals surface area contributed by atoms with Gasteiger partial charge in [0, 0.05) is 37.5 Å². The number of morpholine rings is 1. The molecule has 2 unspecified atom stereocenters. The molecule has 0 aliphatic carbocycles. The summed E-state index contributed by atoms with van der Waals surface area (Å²) in [5, 5.41) is 10.1. The van der Waals surface area contributed by atoms with Gasteiger partial charge in [-0.05, 0) is 39.5 Å². The number of allylic oxidation sites excluding steroid dienone is 1. The predicted molar refractivity (Wildman–Crippen MR) is 147 cm³/mol. The number of carbonyl (C=O) groups excluding carboxylic acids is 3. The highest BCUT2D eigenvalue weighted by molar-refractivity contribution is 8.02. The summed E-state index contributed by atoms with van der Waals surface area (Å²) in [5.74, 6) is -1.98. The van der Waals surface area contributed by atoms with Crippen LogP contribution in [0.2, 0.25) is 0 Å². The van der Waals surface area contributed by atoms with Gasteiger partial charge >= 0.3 is 5.97 Å². The maximum Gasteiger partial charge on any atom is 0.311 e. The van der Waals surface area contributed by atoms with E-state index in [-0.39, 0.29) is 31.0 Å². The molecule has 4 fully saturated rings. The molecule has 212 valence electrons. The molecular weight excluding hydrogens is 506 g/mol. The van der Waals surface area contributed by atoms with E-state index in [4.69, 9.17) is 9.47 Å². The number of rotatable bonds is 13. The van der Waals surface area contributed by atoms with E-state index in [0.29, 0.717) is 45.7 Å². The Hall–Kier alpha value is -1.88. The number of hydrogen-bond acceptors (Lipinski definition) is 8. The highest BCUT2D eigenvalue weighted by Gasteiger charge is 2.78. The van der Waals surface area contributed by atoms with Gasteiger partial charge in [-0.2, -0.15) is 0 Å². The van der Waals surface area contributed by atoms with Gasteiger partial charge in [0.2, 0.25) is 11.8 Å². The molecule has 38 heavy (non-hydrogen) atoms. The summed E-state index contributed by atoms with van der Waals surface area (Å²) in [6.45, 7) is 16.0. The summed E-state index contributed by atoms with van der Waals surface area (Å²) in [6.07, 6.45) is 6.33. The minimum absolute atomic E-state index is 0.133. The summed E-state index contributed by atoms with van der Waals surface area (Å²) in [4.78, 5) is 47.5. The molecule has 0 radical (unpaired) electrons. The van der Waals surface area contributed by atoms with E-state index in [1.54, 1.807) is 40.6 Å². The van der Waals surface area contributed by atoms with Gasteiger partial charge < -0.3 is 24.4 Å². The highest BCUT2D eigenvalue weighted by Crippen LogP contribution is 2.71. The summed E-state index contributed by atoms with van der Waals surface area (Å²) in [5.41, 5.74) is 0. The molecule has 0 aromatic carbocycles. The van der Waals surface area contributed by atoms with E-state index in [9.17, 15) is 19.5 Å². The zero-order valence-electron chi connectivity index (χ0n) is 22.8. The molecular formula is C28H43N3O6S. The fourth-order valence-corrected chi connectivity index (χ4v) is 9.09. The number of esters is 1. The zero-order chi connectivity index (χ0) is 27.5. The molecule has 4 heterocycles. The van der Waals surface area contributed by atoms with Crippen LogP contribution < -0.4 is 0 Å². The van der Waals surface area contributed by atoms with Crippen molar-refractivity contribution in [1.82, 2.24) is 14.7 Å². The maximum atomic E-state index is 14.4. The van der Waals surface area contributed by atoms with Gasteiger partial charge in [-0.15, -0.1) is 24.9 Å². The first-order chi connectivity index (χ1) is 18.2. The highest BCUT2D eigenvalue weighted by atomic mass is 32.2. The Labute approximate surface area is 230 Å². The van der Waals surface area contributed by atoms with E-state index in [0.717, 1.165) is 25.9 Å². The van der Waals surface area contributed by atoms with Crippen molar-refractivity contribution in [2.75, 3.05) is 59.2 Å². The number of likely N-dealkylation sites (tertiary alicyclic amines) is 1. The Morgan fingerprint density at radius 2 is 2.03 bits per heavy atom. The molecule has 4 aliphatic heterocycles. The number of unbranched alkanes of at least 4 members (excludes halogenated alkanes) is 1. The van der Waals surface area contributed by atoms with Crippen molar-refractivity contribution >= 4 is 29.5 Å². The fraction of sp³-hybridized carbons (Fsp3) is 0.750. The SMILES string of the molecule is C=CCCCOC(=O)[C@H]1[C@H]2C(=O)N([C@H](C)CO)C(C(=O)N(CC=C)CCN3CCOCC3)C23CC[C@]1(C)S3. The molecule has 9 nitrogen and oxygen atoms in total. The number of aliphatic hydroxyl groups excluding tert-OH is 1. The number of amides is 2. The number of nitrogens with zero attached hydrogens (tertiary/aromatic N) is 3. The second kappa shape index (κ2) is 12.1. The van der Waals surface area contributed by atoms with E-state index in [1.165, 1.54) is 0 Å². The van der Waals surface area contributed by atoms with Crippen LogP contribution in [0.1, 0.15) is 39.5 Å². The lowest BCUT2D eigenvalue weighted by atomic mass is 9.66. The molecule has 1 spiro atoms. The molecule has 2 bridgehead atoms. The number of thioether (sulfide) groups is 1. The lowest BCUT2D eigenvalue weighted by Crippen LogP contribution is -2.57. The normalized spacial score (nSPS) is 33.2. The standard InChI is InChI=1S/C28H43N3O6S/c1-5-7-8-16-37-26(35)22-21-24(33)31(20(3)19-32)23(28(21)10-9-27(22,4)38-28)25(34)30(11-6-2)13-12-29-14-17-36-18-15-29/h5-6,20-23,32H,1-2,7-19H2,3-4H3/t20-,21+,22-,23?,27+,28?/m1/s1. The zero-order valence-corrected chi connectivity index (χ0v) is 23.6. The first kappa shape index (κ1) is 29.1. The molecule has 0 aromatic rings. The van der Waals surface area contributed by atoms with Gasteiger partial charge in [-0.1, -0.05) is 12.2 Å². The Balaban J connectivity index is 1.62. The third kappa shape index (κ3) is 5.17. The van der Waals surface area contributed by atoms with Crippen LogP contribution in [-0.2, 0) is 23.9 Å². The van der Waals surface area contributed by atoms with Crippen molar-refractivity contribution in [1.29, 1.82) is 0 Å². The van der Waals surface area contributed by atoms with Crippen molar-refractivity contribution < 1.29 is 29.0 Å². The van der Waals surface area contributed by atoms with Crippen molar-refractivity contribution in [2.45, 2.75) is 61.1 Å². The van der Waals surface area contributed by atoms with Gasteiger partial charge in [0.15, 0.2) is 0 Å². The van der Waals surface area contributed by atoms with Gasteiger partial charge in [0.1, 0.15) is 6.04 Å². The Morgan fingerprint density at radius 1 is 1.29 bits per heavy atom. The van der Waals surface area contributed by atoms with E-state index >= 15 is 0 Å². The molecule has 10 heteroatoms. The maximum absolute atomic E-state index is 14.4. The van der Waals surface area contributed by atoms with Crippen LogP contribution in [0.4, 0.5) is 0 Å². The lowest BCUT2D eigenvalue weighted by Gasteiger charge is -2.39. The quantitative estimate of drug-likeness (QED) is 0.211. The summed E-state index contributed by atoms with van der Waals surface area (Å²) >= 11 is 1.62. The number of hydrogen-bond donors (Lipinski definition) is 1. The van der Waals surface area contributed by atoms with Crippen molar-refractivity contribution in [2.24, 2.45) is 11.8 Å². The van der Waals surface area contributed by atoms with Gasteiger partial charge in [0.05, 0.1) is 49.1 Å². The number of aliphatic hydroxyl groups is 1. The average Bonchev–Trinajstić information content (AvgIpc) is 3.49. The van der Waals surface area contributed by atoms with Crippen LogP contribution in [0.5, 0.6) is 0 Å². The molecule has 4 saturated heterocycles.